The standard InChI is InChI=1S/C29H27N3O5/c1-34-19-11-9-17(10-12-19)16-30-29(33)23-15-21-20-7-5-6-8-22(20)31-27(21)26(32-23)18-13-24(35-2)28(37-4)25(14-18)36-3/h5-15,31H,16H2,1-4H3,(H,30,33). The molecule has 0 bridgehead atoms. The molecule has 0 aliphatic carbocycles. The summed E-state index contributed by atoms with van der Waals surface area (Å²) < 4.78 is 21.8. The number of fused-ring (bicyclic) bond motifs is 3. The van der Waals surface area contributed by atoms with Crippen LogP contribution in [0.25, 0.3) is 33.1 Å². The van der Waals surface area contributed by atoms with Crippen molar-refractivity contribution in [3.05, 3.63) is 78.0 Å². The number of nitrogens with zero attached hydrogens (tertiary/aromatic N) is 1. The minimum atomic E-state index is -0.281. The zero-order valence-corrected chi connectivity index (χ0v) is 21.0. The molecule has 0 aliphatic heterocycles. The first-order chi connectivity index (χ1) is 18.1. The van der Waals surface area contributed by atoms with Crippen LogP contribution in [-0.4, -0.2) is 44.3 Å². The summed E-state index contributed by atoms with van der Waals surface area (Å²) in [5.74, 6) is 1.96. The van der Waals surface area contributed by atoms with Crippen LogP contribution in [-0.2, 0) is 6.54 Å². The summed E-state index contributed by atoms with van der Waals surface area (Å²) >= 11 is 0. The van der Waals surface area contributed by atoms with Crippen LogP contribution in [0.2, 0.25) is 0 Å². The van der Waals surface area contributed by atoms with Gasteiger partial charge in [0, 0.05) is 28.4 Å². The topological polar surface area (TPSA) is 94.7 Å². The number of rotatable bonds is 8. The highest BCUT2D eigenvalue weighted by Gasteiger charge is 2.20. The number of aromatic amines is 1. The Hall–Kier alpha value is -4.72. The van der Waals surface area contributed by atoms with E-state index in [0.717, 1.165) is 38.7 Å². The summed E-state index contributed by atoms with van der Waals surface area (Å²) in [6.07, 6.45) is 0. The fourth-order valence-corrected chi connectivity index (χ4v) is 4.40. The van der Waals surface area contributed by atoms with Gasteiger partial charge in [0.15, 0.2) is 11.5 Å². The van der Waals surface area contributed by atoms with E-state index < -0.39 is 0 Å². The molecule has 5 aromatic rings. The van der Waals surface area contributed by atoms with Crippen LogP contribution in [0.1, 0.15) is 16.1 Å². The minimum Gasteiger partial charge on any atom is -0.497 e. The van der Waals surface area contributed by atoms with Gasteiger partial charge >= 0.3 is 0 Å². The first-order valence-electron chi connectivity index (χ1n) is 11.7. The predicted molar refractivity (Wildman–Crippen MR) is 143 cm³/mol. The Kier molecular flexibility index (Phi) is 6.55. The van der Waals surface area contributed by atoms with Gasteiger partial charge in [0.2, 0.25) is 5.75 Å². The van der Waals surface area contributed by atoms with E-state index >= 15 is 0 Å². The average Bonchev–Trinajstić information content (AvgIpc) is 3.33. The molecule has 0 saturated carbocycles. The summed E-state index contributed by atoms with van der Waals surface area (Å²) in [4.78, 5) is 21.6. The van der Waals surface area contributed by atoms with Gasteiger partial charge in [-0.2, -0.15) is 0 Å². The number of ether oxygens (including phenoxy) is 4. The molecule has 188 valence electrons. The van der Waals surface area contributed by atoms with E-state index in [1.807, 2.05) is 66.7 Å². The first kappa shape index (κ1) is 24.0. The lowest BCUT2D eigenvalue weighted by Gasteiger charge is -2.15. The Bertz CT molecular complexity index is 1570. The molecule has 0 saturated heterocycles. The molecule has 2 aromatic heterocycles. The van der Waals surface area contributed by atoms with Gasteiger partial charge in [0.05, 0.1) is 39.6 Å². The lowest BCUT2D eigenvalue weighted by molar-refractivity contribution is 0.0946. The van der Waals surface area contributed by atoms with Crippen LogP contribution >= 0.6 is 0 Å². The van der Waals surface area contributed by atoms with Crippen LogP contribution in [0.5, 0.6) is 23.0 Å². The van der Waals surface area contributed by atoms with E-state index in [1.54, 1.807) is 28.4 Å². The number of amides is 1. The second-order valence-electron chi connectivity index (χ2n) is 8.39. The van der Waals surface area contributed by atoms with Gasteiger partial charge in [0.25, 0.3) is 5.91 Å². The molecule has 0 atom stereocenters. The molecule has 37 heavy (non-hydrogen) atoms. The van der Waals surface area contributed by atoms with E-state index in [4.69, 9.17) is 23.9 Å². The lowest BCUT2D eigenvalue weighted by Crippen LogP contribution is -2.24. The van der Waals surface area contributed by atoms with Gasteiger partial charge in [-0.25, -0.2) is 4.98 Å². The smallest absolute Gasteiger partial charge is 0.270 e. The van der Waals surface area contributed by atoms with Crippen LogP contribution in [0.4, 0.5) is 0 Å². The third-order valence-corrected chi connectivity index (χ3v) is 6.28. The Labute approximate surface area is 214 Å². The number of pyridine rings is 1. The SMILES string of the molecule is COc1ccc(CNC(=O)c2cc3c([nH]c4ccccc43)c(-c3cc(OC)c(OC)c(OC)c3)n2)cc1. The van der Waals surface area contributed by atoms with Crippen molar-refractivity contribution in [2.24, 2.45) is 0 Å². The molecule has 8 nitrogen and oxygen atoms in total. The number of H-pyrrole nitrogens is 1. The summed E-state index contributed by atoms with van der Waals surface area (Å²) in [7, 11) is 6.31. The second kappa shape index (κ2) is 10.1. The van der Waals surface area contributed by atoms with E-state index in [0.29, 0.717) is 35.2 Å². The number of para-hydroxylation sites is 1. The molecular weight excluding hydrogens is 470 g/mol. The van der Waals surface area contributed by atoms with Crippen LogP contribution in [0, 0.1) is 0 Å². The van der Waals surface area contributed by atoms with Crippen molar-refractivity contribution in [1.82, 2.24) is 15.3 Å². The monoisotopic (exact) mass is 497 g/mol. The Morgan fingerprint density at radius 3 is 2.19 bits per heavy atom. The van der Waals surface area contributed by atoms with E-state index in [-0.39, 0.29) is 5.91 Å². The van der Waals surface area contributed by atoms with Crippen molar-refractivity contribution in [3.63, 3.8) is 0 Å². The number of aromatic nitrogens is 2. The molecule has 3 aromatic carbocycles. The maximum Gasteiger partial charge on any atom is 0.270 e. The van der Waals surface area contributed by atoms with Crippen molar-refractivity contribution < 1.29 is 23.7 Å². The fourth-order valence-electron chi connectivity index (χ4n) is 4.40. The lowest BCUT2D eigenvalue weighted by atomic mass is 10.0. The Balaban J connectivity index is 1.62. The van der Waals surface area contributed by atoms with Gasteiger partial charge in [-0.3, -0.25) is 4.79 Å². The zero-order chi connectivity index (χ0) is 25.9. The molecule has 0 fully saturated rings. The molecule has 2 heterocycles. The number of carbonyl (C=O) groups is 1. The highest BCUT2D eigenvalue weighted by atomic mass is 16.5. The van der Waals surface area contributed by atoms with E-state index in [1.165, 1.54) is 0 Å². The van der Waals surface area contributed by atoms with Gasteiger partial charge in [-0.1, -0.05) is 30.3 Å². The van der Waals surface area contributed by atoms with Crippen LogP contribution in [0.15, 0.2) is 66.7 Å². The second-order valence-corrected chi connectivity index (χ2v) is 8.39. The maximum absolute atomic E-state index is 13.3. The van der Waals surface area contributed by atoms with E-state index in [2.05, 4.69) is 10.3 Å². The summed E-state index contributed by atoms with van der Waals surface area (Å²) in [6, 6.07) is 21.0. The van der Waals surface area contributed by atoms with Gasteiger partial charge in [-0.05, 0) is 42.0 Å². The number of hydrogen-bond donors (Lipinski definition) is 2. The van der Waals surface area contributed by atoms with Crippen molar-refractivity contribution in [1.29, 1.82) is 0 Å². The van der Waals surface area contributed by atoms with Gasteiger partial charge < -0.3 is 29.2 Å². The highest BCUT2D eigenvalue weighted by molar-refractivity contribution is 6.13. The maximum atomic E-state index is 13.3. The van der Waals surface area contributed by atoms with Crippen LogP contribution < -0.4 is 24.3 Å². The minimum absolute atomic E-state index is 0.281. The molecule has 0 unspecified atom stereocenters. The number of methoxy groups -OCH3 is 4. The summed E-state index contributed by atoms with van der Waals surface area (Å²) in [6.45, 7) is 0.357. The van der Waals surface area contributed by atoms with Crippen molar-refractivity contribution in [2.75, 3.05) is 28.4 Å². The first-order valence-corrected chi connectivity index (χ1v) is 11.7. The largest absolute Gasteiger partial charge is 0.497 e. The number of benzene rings is 3. The summed E-state index contributed by atoms with van der Waals surface area (Å²) in [5, 5.41) is 4.87. The molecule has 2 N–H and O–H groups in total. The van der Waals surface area contributed by atoms with Crippen molar-refractivity contribution >= 4 is 27.7 Å². The molecule has 0 radical (unpaired) electrons. The Morgan fingerprint density at radius 2 is 1.54 bits per heavy atom. The molecular formula is C29H27N3O5. The van der Waals surface area contributed by atoms with E-state index in [9.17, 15) is 4.79 Å². The third-order valence-electron chi connectivity index (χ3n) is 6.28. The van der Waals surface area contributed by atoms with Crippen molar-refractivity contribution in [2.45, 2.75) is 6.54 Å². The average molecular weight is 498 g/mol. The fraction of sp³-hybridized carbons (Fsp3) is 0.172. The van der Waals surface area contributed by atoms with Gasteiger partial charge in [0.1, 0.15) is 11.4 Å². The number of nitrogens with one attached hydrogen (secondary N) is 2. The predicted octanol–water partition coefficient (Wildman–Crippen LogP) is 5.35. The molecule has 0 spiro atoms. The number of hydrogen-bond acceptors (Lipinski definition) is 6. The quantitative estimate of drug-likeness (QED) is 0.300. The molecule has 8 heteroatoms. The molecule has 5 rings (SSSR count). The van der Waals surface area contributed by atoms with Gasteiger partial charge in [-0.15, -0.1) is 0 Å². The van der Waals surface area contributed by atoms with Crippen LogP contribution in [0.3, 0.4) is 0 Å². The third kappa shape index (κ3) is 4.49. The van der Waals surface area contributed by atoms with Crippen molar-refractivity contribution in [3.8, 4) is 34.3 Å². The Morgan fingerprint density at radius 1 is 0.838 bits per heavy atom. The zero-order valence-electron chi connectivity index (χ0n) is 21.0. The number of carbonyl (C=O) groups excluding carboxylic acids is 1. The molecule has 0 aliphatic rings. The highest BCUT2D eigenvalue weighted by Crippen LogP contribution is 2.42. The normalized spacial score (nSPS) is 10.9. The summed E-state index contributed by atoms with van der Waals surface area (Å²) in [5.41, 5.74) is 4.33. The molecule has 1 amide bonds.